The number of benzene rings is 1. The van der Waals surface area contributed by atoms with E-state index in [2.05, 4.69) is 24.4 Å². The molecule has 96 valence electrons. The Balaban J connectivity index is 2.30. The van der Waals surface area contributed by atoms with Gasteiger partial charge in [0, 0.05) is 10.6 Å². The molecule has 0 spiro atoms. The van der Waals surface area contributed by atoms with Crippen LogP contribution in [0, 0.1) is 6.92 Å². The predicted octanol–water partition coefficient (Wildman–Crippen LogP) is 4.33. The molecule has 0 fully saturated rings. The van der Waals surface area contributed by atoms with Crippen molar-refractivity contribution < 1.29 is 4.42 Å². The summed E-state index contributed by atoms with van der Waals surface area (Å²) in [7, 11) is 0. The largest absolute Gasteiger partial charge is 0.472 e. The number of nitrogens with one attached hydrogen (secondary N) is 1. The van der Waals surface area contributed by atoms with E-state index in [-0.39, 0.29) is 6.04 Å². The van der Waals surface area contributed by atoms with Crippen molar-refractivity contribution in [2.75, 3.05) is 6.54 Å². The van der Waals surface area contributed by atoms with E-state index in [4.69, 9.17) is 16.0 Å². The Morgan fingerprint density at radius 1 is 1.28 bits per heavy atom. The molecule has 0 aliphatic carbocycles. The molecule has 1 heterocycles. The summed E-state index contributed by atoms with van der Waals surface area (Å²) in [6.07, 6.45) is 4.57. The molecular weight excluding hydrogens is 246 g/mol. The third-order valence-corrected chi connectivity index (χ3v) is 3.41. The van der Waals surface area contributed by atoms with Crippen LogP contribution in [0.3, 0.4) is 0 Å². The van der Waals surface area contributed by atoms with Crippen LogP contribution in [-0.4, -0.2) is 6.54 Å². The van der Waals surface area contributed by atoms with Crippen LogP contribution in [0.5, 0.6) is 0 Å². The third-order valence-electron chi connectivity index (χ3n) is 3.00. The summed E-state index contributed by atoms with van der Waals surface area (Å²) in [6.45, 7) is 5.13. The minimum Gasteiger partial charge on any atom is -0.472 e. The fourth-order valence-corrected chi connectivity index (χ4v) is 2.13. The summed E-state index contributed by atoms with van der Waals surface area (Å²) in [5.74, 6) is 0. The first-order valence-electron chi connectivity index (χ1n) is 6.24. The smallest absolute Gasteiger partial charge is 0.0953 e. The van der Waals surface area contributed by atoms with Gasteiger partial charge in [0.05, 0.1) is 18.6 Å². The minimum atomic E-state index is 0.141. The van der Waals surface area contributed by atoms with E-state index in [0.717, 1.165) is 29.1 Å². The Bertz CT molecular complexity index is 493. The van der Waals surface area contributed by atoms with Crippen LogP contribution >= 0.6 is 11.6 Å². The van der Waals surface area contributed by atoms with Gasteiger partial charge in [-0.3, -0.25) is 0 Å². The van der Waals surface area contributed by atoms with Crippen molar-refractivity contribution in [1.29, 1.82) is 0 Å². The van der Waals surface area contributed by atoms with Crippen LogP contribution in [-0.2, 0) is 0 Å². The summed E-state index contributed by atoms with van der Waals surface area (Å²) < 4.78 is 5.18. The second-order valence-corrected chi connectivity index (χ2v) is 4.86. The van der Waals surface area contributed by atoms with Gasteiger partial charge in [0.15, 0.2) is 0 Å². The Hall–Kier alpha value is -1.25. The van der Waals surface area contributed by atoms with Gasteiger partial charge in [-0.05, 0) is 43.1 Å². The highest BCUT2D eigenvalue weighted by Crippen LogP contribution is 2.26. The lowest BCUT2D eigenvalue weighted by atomic mass is 10.00. The number of furan rings is 1. The average molecular weight is 264 g/mol. The molecule has 18 heavy (non-hydrogen) atoms. The van der Waals surface area contributed by atoms with Crippen molar-refractivity contribution in [2.24, 2.45) is 0 Å². The molecule has 0 saturated carbocycles. The van der Waals surface area contributed by atoms with Crippen molar-refractivity contribution in [2.45, 2.75) is 26.3 Å². The minimum absolute atomic E-state index is 0.141. The molecule has 1 N–H and O–H groups in total. The van der Waals surface area contributed by atoms with Crippen LogP contribution in [0.2, 0.25) is 5.02 Å². The van der Waals surface area contributed by atoms with Crippen LogP contribution in [0.15, 0.2) is 41.2 Å². The summed E-state index contributed by atoms with van der Waals surface area (Å²) in [5, 5.41) is 4.32. The lowest BCUT2D eigenvalue weighted by molar-refractivity contribution is 0.548. The van der Waals surface area contributed by atoms with Gasteiger partial charge in [-0.2, -0.15) is 0 Å². The molecule has 1 atom stereocenters. The maximum absolute atomic E-state index is 6.20. The lowest BCUT2D eigenvalue weighted by Crippen LogP contribution is -2.22. The van der Waals surface area contributed by atoms with Gasteiger partial charge in [-0.1, -0.05) is 30.7 Å². The van der Waals surface area contributed by atoms with E-state index in [1.54, 1.807) is 12.5 Å². The van der Waals surface area contributed by atoms with E-state index in [9.17, 15) is 0 Å². The standard InChI is InChI=1S/C15H18ClNO/c1-3-7-17-15(13-6-8-18-10-13)12-5-4-11(2)14(16)9-12/h4-6,8-10,15,17H,3,7H2,1-2H3. The first kappa shape index (κ1) is 13.2. The Labute approximate surface area is 113 Å². The third kappa shape index (κ3) is 2.95. The molecule has 0 amide bonds. The fraction of sp³-hybridized carbons (Fsp3) is 0.333. The van der Waals surface area contributed by atoms with Crippen LogP contribution in [0.25, 0.3) is 0 Å². The highest BCUT2D eigenvalue weighted by molar-refractivity contribution is 6.31. The Kier molecular flexibility index (Phi) is 4.45. The molecule has 2 rings (SSSR count). The Morgan fingerprint density at radius 3 is 2.72 bits per heavy atom. The second-order valence-electron chi connectivity index (χ2n) is 4.45. The molecule has 0 aliphatic rings. The zero-order chi connectivity index (χ0) is 13.0. The molecule has 3 heteroatoms. The summed E-state index contributed by atoms with van der Waals surface area (Å²) >= 11 is 6.20. The van der Waals surface area contributed by atoms with Gasteiger partial charge in [-0.25, -0.2) is 0 Å². The van der Waals surface area contributed by atoms with Gasteiger partial charge in [0.25, 0.3) is 0 Å². The number of hydrogen-bond donors (Lipinski definition) is 1. The molecule has 1 aromatic heterocycles. The van der Waals surface area contributed by atoms with E-state index < -0.39 is 0 Å². The normalized spacial score (nSPS) is 12.6. The van der Waals surface area contributed by atoms with Crippen molar-refractivity contribution in [3.05, 3.63) is 58.5 Å². The number of aryl methyl sites for hydroxylation is 1. The number of halogens is 1. The quantitative estimate of drug-likeness (QED) is 0.869. The zero-order valence-electron chi connectivity index (χ0n) is 10.7. The van der Waals surface area contributed by atoms with Gasteiger partial charge in [-0.15, -0.1) is 0 Å². The van der Waals surface area contributed by atoms with Crippen molar-refractivity contribution >= 4 is 11.6 Å². The molecule has 0 bridgehead atoms. The first-order valence-corrected chi connectivity index (χ1v) is 6.61. The monoisotopic (exact) mass is 263 g/mol. The van der Waals surface area contributed by atoms with Gasteiger partial charge in [0.2, 0.25) is 0 Å². The summed E-state index contributed by atoms with van der Waals surface area (Å²) in [5.41, 5.74) is 3.39. The topological polar surface area (TPSA) is 25.2 Å². The van der Waals surface area contributed by atoms with Crippen LogP contribution in [0.1, 0.15) is 36.1 Å². The zero-order valence-corrected chi connectivity index (χ0v) is 11.5. The van der Waals surface area contributed by atoms with Crippen molar-refractivity contribution in [3.8, 4) is 0 Å². The summed E-state index contributed by atoms with van der Waals surface area (Å²) in [6, 6.07) is 8.32. The summed E-state index contributed by atoms with van der Waals surface area (Å²) in [4.78, 5) is 0. The molecule has 0 radical (unpaired) electrons. The van der Waals surface area contributed by atoms with E-state index in [1.165, 1.54) is 5.56 Å². The molecule has 0 aliphatic heterocycles. The van der Waals surface area contributed by atoms with E-state index in [1.807, 2.05) is 19.1 Å². The maximum atomic E-state index is 6.20. The van der Waals surface area contributed by atoms with E-state index in [0.29, 0.717) is 0 Å². The molecule has 0 saturated heterocycles. The fourth-order valence-electron chi connectivity index (χ4n) is 1.94. The van der Waals surface area contributed by atoms with Crippen molar-refractivity contribution in [1.82, 2.24) is 5.32 Å². The average Bonchev–Trinajstić information content (AvgIpc) is 2.88. The SMILES string of the molecule is CCCNC(c1ccoc1)c1ccc(C)c(Cl)c1. The van der Waals surface area contributed by atoms with Gasteiger partial charge < -0.3 is 9.73 Å². The van der Waals surface area contributed by atoms with Crippen LogP contribution in [0.4, 0.5) is 0 Å². The van der Waals surface area contributed by atoms with Crippen molar-refractivity contribution in [3.63, 3.8) is 0 Å². The molecular formula is C15H18ClNO. The Morgan fingerprint density at radius 2 is 2.11 bits per heavy atom. The molecule has 2 aromatic rings. The predicted molar refractivity (Wildman–Crippen MR) is 75.0 cm³/mol. The highest BCUT2D eigenvalue weighted by atomic mass is 35.5. The number of rotatable bonds is 5. The van der Waals surface area contributed by atoms with Crippen LogP contribution < -0.4 is 5.32 Å². The first-order chi connectivity index (χ1) is 8.72. The molecule has 2 nitrogen and oxygen atoms in total. The number of hydrogen-bond acceptors (Lipinski definition) is 2. The van der Waals surface area contributed by atoms with Gasteiger partial charge >= 0.3 is 0 Å². The molecule has 1 unspecified atom stereocenters. The molecule has 1 aromatic carbocycles. The highest BCUT2D eigenvalue weighted by Gasteiger charge is 2.15. The van der Waals surface area contributed by atoms with E-state index >= 15 is 0 Å². The maximum Gasteiger partial charge on any atom is 0.0953 e. The lowest BCUT2D eigenvalue weighted by Gasteiger charge is -2.18. The second kappa shape index (κ2) is 6.07. The van der Waals surface area contributed by atoms with Gasteiger partial charge in [0.1, 0.15) is 0 Å².